The smallest absolute Gasteiger partial charge is 0.165 e. The van der Waals surface area contributed by atoms with Crippen molar-refractivity contribution in [1.29, 1.82) is 0 Å². The molecule has 1 heterocycles. The highest BCUT2D eigenvalue weighted by molar-refractivity contribution is 5.16. The molecule has 1 aliphatic rings. The van der Waals surface area contributed by atoms with Crippen molar-refractivity contribution < 1.29 is 23.7 Å². The van der Waals surface area contributed by atoms with E-state index in [4.69, 9.17) is 23.7 Å². The maximum atomic E-state index is 9.46. The Balaban J connectivity index is 1.41. The lowest BCUT2D eigenvalue weighted by Crippen LogP contribution is -2.60. The first-order valence-electron chi connectivity index (χ1n) is 14.1. The summed E-state index contributed by atoms with van der Waals surface area (Å²) in [5.74, 6) is 0. The molecule has 216 valence electrons. The van der Waals surface area contributed by atoms with Crippen molar-refractivity contribution in [1.82, 2.24) is 0 Å². The predicted molar refractivity (Wildman–Crippen MR) is 159 cm³/mol. The van der Waals surface area contributed by atoms with Crippen molar-refractivity contribution in [3.05, 3.63) is 154 Å². The first-order valence-corrected chi connectivity index (χ1v) is 14.1. The Morgan fingerprint density at radius 1 is 0.548 bits per heavy atom. The average Bonchev–Trinajstić information content (AvgIpc) is 3.05. The fourth-order valence-corrected chi connectivity index (χ4v) is 4.91. The van der Waals surface area contributed by atoms with Gasteiger partial charge in [0.15, 0.2) is 6.23 Å². The molecule has 1 saturated heterocycles. The van der Waals surface area contributed by atoms with Crippen molar-refractivity contribution in [2.75, 3.05) is 6.61 Å². The van der Waals surface area contributed by atoms with E-state index in [1.54, 1.807) is 0 Å². The predicted octanol–water partition coefficient (Wildman–Crippen LogP) is 6.99. The van der Waals surface area contributed by atoms with Gasteiger partial charge >= 0.3 is 0 Å². The lowest BCUT2D eigenvalue weighted by atomic mass is 9.97. The van der Waals surface area contributed by atoms with Crippen LogP contribution in [0.4, 0.5) is 0 Å². The molecule has 1 unspecified atom stereocenters. The molecule has 1 fully saturated rings. The molecule has 5 rings (SSSR count). The Morgan fingerprint density at radius 3 is 1.40 bits per heavy atom. The van der Waals surface area contributed by atoms with E-state index in [0.717, 1.165) is 22.3 Å². The molecule has 5 atom stereocenters. The molecule has 1 aliphatic heterocycles. The van der Waals surface area contributed by atoms with Gasteiger partial charge in [0.05, 0.1) is 33.0 Å². The molecule has 4 aromatic rings. The largest absolute Gasteiger partial charge is 0.374 e. The van der Waals surface area contributed by atoms with Crippen LogP contribution in [0.1, 0.15) is 22.3 Å². The Kier molecular flexibility index (Phi) is 11.1. The van der Waals surface area contributed by atoms with Gasteiger partial charge < -0.3 is 23.7 Å². The Bertz CT molecular complexity index is 1370. The van der Waals surface area contributed by atoms with Gasteiger partial charge in [0, 0.05) is 4.91 Å². The second-order valence-electron chi connectivity index (χ2n) is 10.1. The molecule has 8 heteroatoms. The van der Waals surface area contributed by atoms with Gasteiger partial charge in [-0.25, -0.2) is 0 Å². The minimum atomic E-state index is -0.943. The third-order valence-electron chi connectivity index (χ3n) is 7.02. The van der Waals surface area contributed by atoms with Crippen LogP contribution in [-0.4, -0.2) is 37.3 Å². The molecule has 0 bridgehead atoms. The third kappa shape index (κ3) is 8.50. The topological polar surface area (TPSA) is 94.9 Å². The first kappa shape index (κ1) is 29.5. The molecular weight excluding hydrogens is 530 g/mol. The number of nitrogens with zero attached hydrogens (tertiary/aromatic N) is 3. The van der Waals surface area contributed by atoms with Crippen molar-refractivity contribution in [2.24, 2.45) is 5.11 Å². The first-order chi connectivity index (χ1) is 20.8. The molecule has 0 aliphatic carbocycles. The minimum absolute atomic E-state index is 0.211. The van der Waals surface area contributed by atoms with Crippen molar-refractivity contribution in [2.45, 2.75) is 57.1 Å². The van der Waals surface area contributed by atoms with E-state index in [1.807, 2.05) is 121 Å². The molecule has 8 nitrogen and oxygen atoms in total. The van der Waals surface area contributed by atoms with E-state index in [0.29, 0.717) is 19.8 Å². The summed E-state index contributed by atoms with van der Waals surface area (Å²) >= 11 is 0. The summed E-state index contributed by atoms with van der Waals surface area (Å²) in [5, 5.41) is 3.99. The summed E-state index contributed by atoms with van der Waals surface area (Å²) in [6, 6.07) is 39.6. The van der Waals surface area contributed by atoms with Gasteiger partial charge in [0.2, 0.25) is 0 Å². The molecule has 0 N–H and O–H groups in total. The van der Waals surface area contributed by atoms with Crippen LogP contribution in [0.5, 0.6) is 0 Å². The van der Waals surface area contributed by atoms with E-state index in [1.165, 1.54) is 0 Å². The van der Waals surface area contributed by atoms with Crippen LogP contribution >= 0.6 is 0 Å². The van der Waals surface area contributed by atoms with Crippen LogP contribution in [0.2, 0.25) is 0 Å². The summed E-state index contributed by atoms with van der Waals surface area (Å²) in [4.78, 5) is 3.08. The van der Waals surface area contributed by atoms with Crippen LogP contribution in [0.15, 0.2) is 126 Å². The molecule has 0 aromatic heterocycles. The lowest BCUT2D eigenvalue weighted by Gasteiger charge is -2.45. The number of benzene rings is 4. The number of rotatable bonds is 14. The summed E-state index contributed by atoms with van der Waals surface area (Å²) in [5.41, 5.74) is 13.5. The maximum Gasteiger partial charge on any atom is 0.165 e. The van der Waals surface area contributed by atoms with Gasteiger partial charge in [-0.2, -0.15) is 0 Å². The summed E-state index contributed by atoms with van der Waals surface area (Å²) in [6.07, 6.45) is -3.44. The van der Waals surface area contributed by atoms with Gasteiger partial charge in [0.25, 0.3) is 0 Å². The maximum absolute atomic E-state index is 9.46. The normalized spacial score (nSPS) is 21.9. The van der Waals surface area contributed by atoms with Gasteiger partial charge in [-0.15, -0.1) is 0 Å². The molecular formula is C34H35N3O5. The Hall–Kier alpha value is -4.01. The average molecular weight is 566 g/mol. The summed E-state index contributed by atoms with van der Waals surface area (Å²) < 4.78 is 32.0. The van der Waals surface area contributed by atoms with Crippen molar-refractivity contribution in [3.63, 3.8) is 0 Å². The molecule has 0 amide bonds. The Morgan fingerprint density at radius 2 is 0.952 bits per heavy atom. The number of hydrogen-bond acceptors (Lipinski definition) is 6. The highest BCUT2D eigenvalue weighted by atomic mass is 16.6. The van der Waals surface area contributed by atoms with E-state index >= 15 is 0 Å². The molecule has 0 saturated carbocycles. The third-order valence-corrected chi connectivity index (χ3v) is 7.02. The summed E-state index contributed by atoms with van der Waals surface area (Å²) in [6.45, 7) is 1.57. The van der Waals surface area contributed by atoms with E-state index in [2.05, 4.69) is 10.0 Å². The lowest BCUT2D eigenvalue weighted by molar-refractivity contribution is -0.271. The quantitative estimate of drug-likeness (QED) is 0.0933. The van der Waals surface area contributed by atoms with Gasteiger partial charge in [-0.1, -0.05) is 126 Å². The van der Waals surface area contributed by atoms with Crippen LogP contribution in [0.3, 0.4) is 0 Å². The van der Waals surface area contributed by atoms with Crippen molar-refractivity contribution in [3.8, 4) is 0 Å². The fraction of sp³-hybridized carbons (Fsp3) is 0.294. The number of azide groups is 1. The zero-order valence-corrected chi connectivity index (χ0v) is 23.4. The standard InChI is InChI=1S/C34H35N3O5/c35-37-36-34-33(41-24-29-19-11-4-12-20-29)32(40-23-28-17-9-3-10-18-28)31(39-22-27-15-7-2-8-16-27)30(42-34)25-38-21-26-13-5-1-6-14-26/h1-20,30-34H,21-25H2/t30-,31+,32+,33-,34?/m1/s1. The second-order valence-corrected chi connectivity index (χ2v) is 10.1. The van der Waals surface area contributed by atoms with E-state index in [-0.39, 0.29) is 13.2 Å². The minimum Gasteiger partial charge on any atom is -0.374 e. The zero-order valence-electron chi connectivity index (χ0n) is 23.4. The van der Waals surface area contributed by atoms with E-state index < -0.39 is 30.6 Å². The summed E-state index contributed by atoms with van der Waals surface area (Å²) in [7, 11) is 0. The molecule has 0 radical (unpaired) electrons. The van der Waals surface area contributed by atoms with Crippen LogP contribution in [-0.2, 0) is 50.1 Å². The van der Waals surface area contributed by atoms with Gasteiger partial charge in [0.1, 0.15) is 24.4 Å². The fourth-order valence-electron chi connectivity index (χ4n) is 4.91. The van der Waals surface area contributed by atoms with Crippen LogP contribution < -0.4 is 0 Å². The monoisotopic (exact) mass is 565 g/mol. The van der Waals surface area contributed by atoms with Gasteiger partial charge in [-0.05, 0) is 27.8 Å². The van der Waals surface area contributed by atoms with Gasteiger partial charge in [-0.3, -0.25) is 0 Å². The highest BCUT2D eigenvalue weighted by Gasteiger charge is 2.48. The van der Waals surface area contributed by atoms with E-state index in [9.17, 15) is 5.53 Å². The SMILES string of the molecule is [N-]=[N+]=NC1O[C@H](COCc2ccccc2)[C@H](OCc2ccccc2)[C@H](OCc2ccccc2)[C@H]1OCc1ccccc1. The molecule has 4 aromatic carbocycles. The second kappa shape index (κ2) is 15.8. The van der Waals surface area contributed by atoms with Crippen molar-refractivity contribution >= 4 is 0 Å². The highest BCUT2D eigenvalue weighted by Crippen LogP contribution is 2.31. The van der Waals surface area contributed by atoms with Crippen LogP contribution in [0.25, 0.3) is 10.4 Å². The number of hydrogen-bond donors (Lipinski definition) is 0. The zero-order chi connectivity index (χ0) is 28.8. The van der Waals surface area contributed by atoms with Crippen LogP contribution in [0, 0.1) is 0 Å². The Labute approximate surface area is 246 Å². The number of ether oxygens (including phenoxy) is 5. The molecule has 42 heavy (non-hydrogen) atoms. The molecule has 0 spiro atoms.